The molecule has 0 aliphatic carbocycles. The van der Waals surface area contributed by atoms with Gasteiger partial charge in [-0.2, -0.15) is 0 Å². The van der Waals surface area contributed by atoms with Crippen LogP contribution in [0.4, 0.5) is 17.1 Å². The van der Waals surface area contributed by atoms with E-state index in [0.29, 0.717) is 0 Å². The first kappa shape index (κ1) is 32.8. The number of aromatic nitrogens is 1. The van der Waals surface area contributed by atoms with Crippen LogP contribution in [0.3, 0.4) is 0 Å². The maximum Gasteiger partial charge on any atom is 0.136 e. The molecule has 11 aromatic rings. The summed E-state index contributed by atoms with van der Waals surface area (Å²) in [5.41, 5.74) is 15.6. The Hall–Kier alpha value is -7.62. The monoisotopic (exact) mass is 728 g/mol. The number of hydrogen-bond acceptors (Lipinski definition) is 2. The number of furan rings is 1. The highest BCUT2D eigenvalue weighted by Crippen LogP contribution is 2.45. The number of benzene rings is 9. The highest BCUT2D eigenvalue weighted by molar-refractivity contribution is 6.14. The van der Waals surface area contributed by atoms with E-state index in [2.05, 4.69) is 216 Å². The molecule has 0 fully saturated rings. The number of anilines is 3. The summed E-state index contributed by atoms with van der Waals surface area (Å²) in [6.45, 7) is 0. The summed E-state index contributed by atoms with van der Waals surface area (Å²) in [6.07, 6.45) is 0. The van der Waals surface area contributed by atoms with Gasteiger partial charge in [-0.1, -0.05) is 152 Å². The van der Waals surface area contributed by atoms with Crippen molar-refractivity contribution < 1.29 is 4.42 Å². The zero-order valence-electron chi connectivity index (χ0n) is 31.1. The molecule has 268 valence electrons. The van der Waals surface area contributed by atoms with Crippen LogP contribution in [0.2, 0.25) is 0 Å². The number of para-hydroxylation sites is 5. The lowest BCUT2D eigenvalue weighted by Gasteiger charge is -2.28. The van der Waals surface area contributed by atoms with Crippen LogP contribution in [0.25, 0.3) is 82.8 Å². The lowest BCUT2D eigenvalue weighted by Crippen LogP contribution is -2.11. The molecule has 0 aliphatic rings. The molecule has 0 radical (unpaired) electrons. The van der Waals surface area contributed by atoms with Gasteiger partial charge >= 0.3 is 0 Å². The fourth-order valence-electron chi connectivity index (χ4n) is 8.58. The lowest BCUT2D eigenvalue weighted by molar-refractivity contribution is 0.669. The Morgan fingerprint density at radius 1 is 0.351 bits per heavy atom. The maximum atomic E-state index is 6.31. The summed E-state index contributed by atoms with van der Waals surface area (Å²) in [7, 11) is 0. The van der Waals surface area contributed by atoms with Crippen molar-refractivity contribution >= 4 is 60.8 Å². The molecule has 9 aromatic carbocycles. The van der Waals surface area contributed by atoms with Crippen molar-refractivity contribution in [3.63, 3.8) is 0 Å². The number of rotatable bonds is 7. The Morgan fingerprint density at radius 2 is 0.877 bits per heavy atom. The highest BCUT2D eigenvalue weighted by Gasteiger charge is 2.20. The van der Waals surface area contributed by atoms with E-state index in [1.54, 1.807) is 0 Å². The fraction of sp³-hybridized carbons (Fsp3) is 0. The first-order valence-electron chi connectivity index (χ1n) is 19.4. The second-order valence-electron chi connectivity index (χ2n) is 14.5. The van der Waals surface area contributed by atoms with Gasteiger partial charge in [-0.25, -0.2) is 0 Å². The van der Waals surface area contributed by atoms with Crippen molar-refractivity contribution in [3.05, 3.63) is 218 Å². The van der Waals surface area contributed by atoms with Crippen LogP contribution in [0, 0.1) is 0 Å². The average molecular weight is 729 g/mol. The van der Waals surface area contributed by atoms with Crippen molar-refractivity contribution in [2.75, 3.05) is 4.90 Å². The summed E-state index contributed by atoms with van der Waals surface area (Å²) >= 11 is 0. The average Bonchev–Trinajstić information content (AvgIpc) is 3.84. The molecule has 57 heavy (non-hydrogen) atoms. The Morgan fingerprint density at radius 3 is 1.61 bits per heavy atom. The van der Waals surface area contributed by atoms with Crippen LogP contribution < -0.4 is 4.90 Å². The van der Waals surface area contributed by atoms with E-state index in [1.807, 2.05) is 12.1 Å². The number of nitrogens with zero attached hydrogens (tertiary/aromatic N) is 2. The van der Waals surface area contributed by atoms with Gasteiger partial charge < -0.3 is 13.9 Å². The lowest BCUT2D eigenvalue weighted by atomic mass is 9.96. The van der Waals surface area contributed by atoms with Crippen molar-refractivity contribution in [1.29, 1.82) is 0 Å². The first-order chi connectivity index (χ1) is 28.3. The topological polar surface area (TPSA) is 21.3 Å². The fourth-order valence-corrected chi connectivity index (χ4v) is 8.58. The molecule has 0 saturated carbocycles. The third-order valence-electron chi connectivity index (χ3n) is 11.2. The van der Waals surface area contributed by atoms with E-state index >= 15 is 0 Å². The van der Waals surface area contributed by atoms with Crippen LogP contribution >= 0.6 is 0 Å². The van der Waals surface area contributed by atoms with E-state index in [4.69, 9.17) is 4.42 Å². The predicted octanol–water partition coefficient (Wildman–Crippen LogP) is 15.2. The van der Waals surface area contributed by atoms with E-state index in [0.717, 1.165) is 55.8 Å². The first-order valence-corrected chi connectivity index (χ1v) is 19.4. The van der Waals surface area contributed by atoms with Gasteiger partial charge in [-0.3, -0.25) is 0 Å². The standard InChI is InChI=1S/C54H36N2O/c1-2-15-41(16-3-1)55(49-23-8-6-20-46(49)47-22-13-27-53-54(47)48-21-7-11-26-52(48)57-53)42-34-32-38(33-35-42)37-28-30-39(31-29-37)40-14-12-17-43(36-40)56-50-24-9-4-18-44(50)45-19-5-10-25-51(45)56/h1-36H. The molecule has 0 atom stereocenters. The minimum Gasteiger partial charge on any atom is -0.456 e. The van der Waals surface area contributed by atoms with Crippen LogP contribution in [0.5, 0.6) is 0 Å². The molecule has 3 heteroatoms. The highest BCUT2D eigenvalue weighted by atomic mass is 16.3. The molecule has 0 aliphatic heterocycles. The van der Waals surface area contributed by atoms with E-state index in [1.165, 1.54) is 44.1 Å². The minimum atomic E-state index is 0.890. The van der Waals surface area contributed by atoms with Gasteiger partial charge in [-0.05, 0) is 94.5 Å². The second-order valence-corrected chi connectivity index (χ2v) is 14.5. The quantitative estimate of drug-likeness (QED) is 0.163. The second kappa shape index (κ2) is 13.6. The van der Waals surface area contributed by atoms with Crippen molar-refractivity contribution in [2.24, 2.45) is 0 Å². The van der Waals surface area contributed by atoms with Crippen molar-refractivity contribution in [3.8, 4) is 39.1 Å². The van der Waals surface area contributed by atoms with Gasteiger partial charge in [0.1, 0.15) is 11.2 Å². The van der Waals surface area contributed by atoms with Gasteiger partial charge in [0.25, 0.3) is 0 Å². The third-order valence-corrected chi connectivity index (χ3v) is 11.2. The zero-order valence-corrected chi connectivity index (χ0v) is 31.1. The summed E-state index contributed by atoms with van der Waals surface area (Å²) in [5, 5.41) is 4.79. The molecular weight excluding hydrogens is 693 g/mol. The number of hydrogen-bond donors (Lipinski definition) is 0. The molecule has 0 amide bonds. The largest absolute Gasteiger partial charge is 0.456 e. The van der Waals surface area contributed by atoms with Gasteiger partial charge in [0.05, 0.1) is 16.7 Å². The Kier molecular flexibility index (Phi) is 7.82. The molecule has 0 spiro atoms. The third kappa shape index (κ3) is 5.60. The number of fused-ring (bicyclic) bond motifs is 6. The molecule has 2 aromatic heterocycles. The summed E-state index contributed by atoms with van der Waals surface area (Å²) < 4.78 is 8.68. The van der Waals surface area contributed by atoms with Crippen LogP contribution in [0.1, 0.15) is 0 Å². The molecule has 0 unspecified atom stereocenters. The Labute approximate surface area is 330 Å². The van der Waals surface area contributed by atoms with E-state index < -0.39 is 0 Å². The van der Waals surface area contributed by atoms with Gasteiger partial charge in [0.15, 0.2) is 0 Å². The summed E-state index contributed by atoms with van der Waals surface area (Å²) in [6, 6.07) is 78.0. The predicted molar refractivity (Wildman–Crippen MR) is 239 cm³/mol. The van der Waals surface area contributed by atoms with Crippen LogP contribution in [0.15, 0.2) is 223 Å². The van der Waals surface area contributed by atoms with Crippen LogP contribution in [-0.2, 0) is 0 Å². The zero-order chi connectivity index (χ0) is 37.7. The molecule has 3 nitrogen and oxygen atoms in total. The van der Waals surface area contributed by atoms with Crippen molar-refractivity contribution in [1.82, 2.24) is 4.57 Å². The van der Waals surface area contributed by atoms with Crippen LogP contribution in [-0.4, -0.2) is 4.57 Å². The van der Waals surface area contributed by atoms with Gasteiger partial charge in [-0.15, -0.1) is 0 Å². The maximum absolute atomic E-state index is 6.31. The van der Waals surface area contributed by atoms with Gasteiger partial charge in [0.2, 0.25) is 0 Å². The molecule has 0 N–H and O–H groups in total. The van der Waals surface area contributed by atoms with E-state index in [-0.39, 0.29) is 0 Å². The summed E-state index contributed by atoms with van der Waals surface area (Å²) in [5.74, 6) is 0. The van der Waals surface area contributed by atoms with Crippen molar-refractivity contribution in [2.45, 2.75) is 0 Å². The van der Waals surface area contributed by atoms with E-state index in [9.17, 15) is 0 Å². The SMILES string of the molecule is c1ccc(N(c2ccc(-c3ccc(-c4cccc(-n5c6ccccc6c6ccccc65)c4)cc3)cc2)c2ccccc2-c2cccc3oc4ccccc4c23)cc1. The Bertz CT molecular complexity index is 3170. The Balaban J connectivity index is 0.942. The minimum absolute atomic E-state index is 0.890. The normalized spacial score (nSPS) is 11.5. The molecule has 11 rings (SSSR count). The molecular formula is C54H36N2O. The summed E-state index contributed by atoms with van der Waals surface area (Å²) in [4.78, 5) is 2.35. The molecule has 0 bridgehead atoms. The molecule has 2 heterocycles. The smallest absolute Gasteiger partial charge is 0.136 e. The molecule has 0 saturated heterocycles. The van der Waals surface area contributed by atoms with Gasteiger partial charge in [0, 0.05) is 44.2 Å².